The summed E-state index contributed by atoms with van der Waals surface area (Å²) in [6.07, 6.45) is 2.54. The molecule has 0 radical (unpaired) electrons. The molecule has 4 rings (SSSR count). The Balaban J connectivity index is 1.24. The van der Waals surface area contributed by atoms with Crippen LogP contribution in [0, 0.1) is 0 Å². The van der Waals surface area contributed by atoms with Gasteiger partial charge in [-0.15, -0.1) is 0 Å². The Kier molecular flexibility index (Phi) is 6.03. The summed E-state index contributed by atoms with van der Waals surface area (Å²) in [5.41, 5.74) is 3.29. The largest absolute Gasteiger partial charge is 0.372 e. The smallest absolute Gasteiger partial charge is 0.279 e. The Morgan fingerprint density at radius 2 is 1.61 bits per heavy atom. The lowest BCUT2D eigenvalue weighted by atomic mass is 10.2. The number of carbonyl (C=O) groups excluding carboxylic acids is 1. The minimum atomic E-state index is 0.0835. The SMILES string of the molecule is O=C(C[NH+]1CCN(c2cccc(Cl)c2)CC1)Nc1ccc(N2CCCC2)cc1. The zero-order valence-electron chi connectivity index (χ0n) is 16.2. The van der Waals surface area contributed by atoms with Crippen molar-refractivity contribution in [3.05, 3.63) is 53.6 Å². The van der Waals surface area contributed by atoms with Gasteiger partial charge in [0, 0.05) is 35.2 Å². The van der Waals surface area contributed by atoms with Gasteiger partial charge in [0.1, 0.15) is 0 Å². The van der Waals surface area contributed by atoms with Crippen LogP contribution in [0.15, 0.2) is 48.5 Å². The first-order valence-electron chi connectivity index (χ1n) is 10.2. The number of quaternary nitrogens is 1. The Morgan fingerprint density at radius 3 is 2.29 bits per heavy atom. The van der Waals surface area contributed by atoms with Crippen molar-refractivity contribution in [1.82, 2.24) is 0 Å². The molecule has 2 fully saturated rings. The van der Waals surface area contributed by atoms with Gasteiger partial charge in [-0.1, -0.05) is 17.7 Å². The van der Waals surface area contributed by atoms with E-state index in [1.165, 1.54) is 23.4 Å². The molecular weight excluding hydrogens is 372 g/mol. The molecule has 0 saturated carbocycles. The lowest BCUT2D eigenvalue weighted by Crippen LogP contribution is -3.15. The van der Waals surface area contributed by atoms with Crippen LogP contribution in [0.25, 0.3) is 0 Å². The summed E-state index contributed by atoms with van der Waals surface area (Å²) >= 11 is 6.10. The van der Waals surface area contributed by atoms with E-state index >= 15 is 0 Å². The van der Waals surface area contributed by atoms with Gasteiger partial charge >= 0.3 is 0 Å². The molecule has 2 heterocycles. The zero-order valence-corrected chi connectivity index (χ0v) is 16.9. The highest BCUT2D eigenvalue weighted by atomic mass is 35.5. The molecule has 148 valence electrons. The van der Waals surface area contributed by atoms with Gasteiger partial charge in [0.2, 0.25) is 0 Å². The van der Waals surface area contributed by atoms with Gasteiger partial charge in [-0.2, -0.15) is 0 Å². The predicted molar refractivity (Wildman–Crippen MR) is 116 cm³/mol. The van der Waals surface area contributed by atoms with Crippen molar-refractivity contribution < 1.29 is 9.69 Å². The first-order chi connectivity index (χ1) is 13.7. The van der Waals surface area contributed by atoms with Crippen molar-refractivity contribution in [2.45, 2.75) is 12.8 Å². The van der Waals surface area contributed by atoms with Gasteiger partial charge in [-0.3, -0.25) is 4.79 Å². The number of halogens is 1. The highest BCUT2D eigenvalue weighted by Gasteiger charge is 2.22. The summed E-state index contributed by atoms with van der Waals surface area (Å²) in [6, 6.07) is 16.2. The third kappa shape index (κ3) is 4.78. The van der Waals surface area contributed by atoms with Gasteiger partial charge in [-0.25, -0.2) is 0 Å². The minimum absolute atomic E-state index is 0.0835. The van der Waals surface area contributed by atoms with Crippen molar-refractivity contribution in [2.75, 3.05) is 60.9 Å². The van der Waals surface area contributed by atoms with Crippen molar-refractivity contribution in [3.63, 3.8) is 0 Å². The average Bonchev–Trinajstić information content (AvgIpc) is 3.24. The summed E-state index contributed by atoms with van der Waals surface area (Å²) in [6.45, 7) is 6.56. The highest BCUT2D eigenvalue weighted by molar-refractivity contribution is 6.30. The van der Waals surface area contributed by atoms with Crippen LogP contribution < -0.4 is 20.0 Å². The summed E-state index contributed by atoms with van der Waals surface area (Å²) < 4.78 is 0. The molecule has 2 saturated heterocycles. The van der Waals surface area contributed by atoms with Gasteiger partial charge in [0.25, 0.3) is 5.91 Å². The fourth-order valence-electron chi connectivity index (χ4n) is 4.09. The molecule has 0 bridgehead atoms. The van der Waals surface area contributed by atoms with Crippen LogP contribution in [0.5, 0.6) is 0 Å². The number of piperazine rings is 1. The lowest BCUT2D eigenvalue weighted by molar-refractivity contribution is -0.892. The van der Waals surface area contributed by atoms with E-state index in [1.54, 1.807) is 0 Å². The topological polar surface area (TPSA) is 40.0 Å². The number of benzene rings is 2. The molecule has 2 aromatic rings. The lowest BCUT2D eigenvalue weighted by Gasteiger charge is -2.33. The predicted octanol–water partition coefficient (Wildman–Crippen LogP) is 2.28. The van der Waals surface area contributed by atoms with Crippen molar-refractivity contribution in [1.29, 1.82) is 0 Å². The maximum atomic E-state index is 12.4. The quantitative estimate of drug-likeness (QED) is 0.810. The number of hydrogen-bond acceptors (Lipinski definition) is 3. The van der Waals surface area contributed by atoms with E-state index in [1.807, 2.05) is 30.3 Å². The van der Waals surface area contributed by atoms with Crippen LogP contribution in [-0.2, 0) is 4.79 Å². The third-order valence-electron chi connectivity index (χ3n) is 5.68. The van der Waals surface area contributed by atoms with E-state index in [0.29, 0.717) is 6.54 Å². The number of amides is 1. The van der Waals surface area contributed by atoms with Crippen molar-refractivity contribution in [3.8, 4) is 0 Å². The Bertz CT molecular complexity index is 796. The number of rotatable bonds is 5. The van der Waals surface area contributed by atoms with Crippen LogP contribution in [0.4, 0.5) is 17.1 Å². The van der Waals surface area contributed by atoms with Gasteiger partial charge in [0.15, 0.2) is 6.54 Å². The molecular formula is C22H28ClN4O+. The summed E-state index contributed by atoms with van der Waals surface area (Å²) in [7, 11) is 0. The van der Waals surface area contributed by atoms with Crippen LogP contribution >= 0.6 is 11.6 Å². The number of nitrogens with zero attached hydrogens (tertiary/aromatic N) is 2. The van der Waals surface area contributed by atoms with E-state index in [9.17, 15) is 4.79 Å². The molecule has 0 unspecified atom stereocenters. The summed E-state index contributed by atoms with van der Waals surface area (Å²) in [5.74, 6) is 0.0835. The van der Waals surface area contributed by atoms with Crippen LogP contribution in [0.1, 0.15) is 12.8 Å². The van der Waals surface area contributed by atoms with Gasteiger partial charge in [0.05, 0.1) is 26.2 Å². The van der Waals surface area contributed by atoms with Gasteiger partial charge < -0.3 is 20.0 Å². The average molecular weight is 400 g/mol. The molecule has 0 aliphatic carbocycles. The Labute approximate surface area is 171 Å². The molecule has 0 aromatic heterocycles. The minimum Gasteiger partial charge on any atom is -0.372 e. The van der Waals surface area contributed by atoms with Crippen molar-refractivity contribution >= 4 is 34.6 Å². The fraction of sp³-hybridized carbons (Fsp3) is 0.409. The zero-order chi connectivity index (χ0) is 19.3. The number of anilines is 3. The maximum Gasteiger partial charge on any atom is 0.279 e. The number of carbonyl (C=O) groups is 1. The fourth-order valence-corrected chi connectivity index (χ4v) is 4.28. The number of nitrogens with one attached hydrogen (secondary N) is 2. The van der Waals surface area contributed by atoms with Crippen LogP contribution in [0.3, 0.4) is 0 Å². The molecule has 1 amide bonds. The first-order valence-corrected chi connectivity index (χ1v) is 10.5. The number of hydrogen-bond donors (Lipinski definition) is 2. The molecule has 2 N–H and O–H groups in total. The summed E-state index contributed by atoms with van der Waals surface area (Å²) in [4.78, 5) is 18.5. The second-order valence-corrected chi connectivity index (χ2v) is 8.12. The molecule has 28 heavy (non-hydrogen) atoms. The van der Waals surface area contributed by atoms with Crippen LogP contribution in [0.2, 0.25) is 5.02 Å². The molecule has 5 nitrogen and oxygen atoms in total. The van der Waals surface area contributed by atoms with Gasteiger partial charge in [-0.05, 0) is 55.3 Å². The van der Waals surface area contributed by atoms with E-state index in [-0.39, 0.29) is 5.91 Å². The monoisotopic (exact) mass is 399 g/mol. The maximum absolute atomic E-state index is 12.4. The van der Waals surface area contributed by atoms with Crippen LogP contribution in [-0.4, -0.2) is 51.7 Å². The second kappa shape index (κ2) is 8.84. The Morgan fingerprint density at radius 1 is 0.929 bits per heavy atom. The molecule has 2 aliphatic heterocycles. The van der Waals surface area contributed by atoms with E-state index in [2.05, 4.69) is 33.3 Å². The van der Waals surface area contributed by atoms with E-state index < -0.39 is 0 Å². The molecule has 0 spiro atoms. The standard InChI is InChI=1S/C22H27ClN4O/c23-18-4-3-5-21(16-18)27-14-12-25(13-15-27)17-22(28)24-19-6-8-20(9-7-19)26-10-1-2-11-26/h3-9,16H,1-2,10-15,17H2,(H,24,28)/p+1. The molecule has 6 heteroatoms. The second-order valence-electron chi connectivity index (χ2n) is 7.68. The molecule has 2 aromatic carbocycles. The molecule has 2 aliphatic rings. The normalized spacial score (nSPS) is 17.8. The third-order valence-corrected chi connectivity index (χ3v) is 5.91. The van der Waals surface area contributed by atoms with E-state index in [0.717, 1.165) is 55.7 Å². The first kappa shape index (κ1) is 19.1. The van der Waals surface area contributed by atoms with Crippen molar-refractivity contribution in [2.24, 2.45) is 0 Å². The molecule has 0 atom stereocenters. The highest BCUT2D eigenvalue weighted by Crippen LogP contribution is 2.22. The van der Waals surface area contributed by atoms with E-state index in [4.69, 9.17) is 11.6 Å². The Hall–Kier alpha value is -2.24. The summed E-state index contributed by atoms with van der Waals surface area (Å²) in [5, 5.41) is 3.81.